The second kappa shape index (κ2) is 12.7. The lowest BCUT2D eigenvalue weighted by atomic mass is 10.00. The van der Waals surface area contributed by atoms with Crippen molar-refractivity contribution in [3.05, 3.63) is 66.7 Å². The van der Waals surface area contributed by atoms with E-state index in [4.69, 9.17) is 23.1 Å². The van der Waals surface area contributed by atoms with E-state index in [1.165, 1.54) is 19.9 Å². The molecule has 2 aromatic carbocycles. The second-order valence-electron chi connectivity index (χ2n) is 10.1. The Hall–Kier alpha value is -3.96. The molecule has 2 saturated carbocycles. The summed E-state index contributed by atoms with van der Waals surface area (Å²) in [5, 5.41) is 20.3. The number of nitrogens with zero attached hydrogens (tertiary/aromatic N) is 3. The fourth-order valence-corrected chi connectivity index (χ4v) is 8.78. The van der Waals surface area contributed by atoms with E-state index in [-0.39, 0.29) is 26.5 Å². The summed E-state index contributed by atoms with van der Waals surface area (Å²) >= 11 is 5.34. The maximum atomic E-state index is 12.5. The van der Waals surface area contributed by atoms with Gasteiger partial charge in [-0.15, -0.1) is 0 Å². The van der Waals surface area contributed by atoms with Crippen LogP contribution in [0.4, 0.5) is 11.4 Å². The van der Waals surface area contributed by atoms with Crippen LogP contribution in [0.2, 0.25) is 0 Å². The number of nitrogens with two attached hydrogens (primary N) is 2. The average Bonchev–Trinajstić information content (AvgIpc) is 2.80. The lowest BCUT2D eigenvalue weighted by Gasteiger charge is -2.25. The number of nitro benzene ring substituents is 2. The standard InChI is InChI=1S/C13H16N4O5S.C12H12ClNO5S/c1-7-5-11(23(21,22)8-3-2-4-8)10(17(19)20)6-9(7)12(18)16-13(14)15;1-7-5-11(20(18,19)8-3-2-4-8)10(14(16)17)6-9(7)12(13)15/h5-6,8H,2-4H2,1H3,(H4,14,15,16,18);5-6,8H,2-4H2,1H3. The van der Waals surface area contributed by atoms with Crippen molar-refractivity contribution in [1.82, 2.24) is 0 Å². The van der Waals surface area contributed by atoms with Crippen LogP contribution in [-0.2, 0) is 19.7 Å². The van der Waals surface area contributed by atoms with E-state index >= 15 is 0 Å². The highest BCUT2D eigenvalue weighted by atomic mass is 35.5. The van der Waals surface area contributed by atoms with Gasteiger partial charge in [-0.3, -0.25) is 29.8 Å². The van der Waals surface area contributed by atoms with Gasteiger partial charge in [0.2, 0.25) is 0 Å². The zero-order valence-corrected chi connectivity index (χ0v) is 25.4. The zero-order chi connectivity index (χ0) is 32.4. The van der Waals surface area contributed by atoms with Crippen molar-refractivity contribution in [3.63, 3.8) is 0 Å². The summed E-state index contributed by atoms with van der Waals surface area (Å²) in [6, 6.07) is 4.16. The lowest BCUT2D eigenvalue weighted by molar-refractivity contribution is -0.388. The molecular weight excluding hydrogens is 630 g/mol. The van der Waals surface area contributed by atoms with Crippen molar-refractivity contribution in [2.45, 2.75) is 72.7 Å². The number of aliphatic imine (C=N–C) groups is 1. The number of guanidine groups is 1. The summed E-state index contributed by atoms with van der Waals surface area (Å²) in [5.41, 5.74) is 9.41. The van der Waals surface area contributed by atoms with Crippen molar-refractivity contribution in [2.24, 2.45) is 16.5 Å². The SMILES string of the molecule is Cc1cc(S(=O)(=O)C2CCC2)c([N+](=O)[O-])cc1C(=O)Cl.Cc1cc(S(=O)(=O)C2CCC2)c([N+](=O)[O-])cc1C(=O)N=C(N)N. The Morgan fingerprint density at radius 2 is 1.16 bits per heavy atom. The maximum absolute atomic E-state index is 12.5. The van der Waals surface area contributed by atoms with E-state index in [0.717, 1.165) is 31.0 Å². The first-order valence-corrected chi connectivity index (χ1v) is 16.3. The largest absolute Gasteiger partial charge is 0.370 e. The quantitative estimate of drug-likeness (QED) is 0.136. The molecule has 0 spiro atoms. The Kier molecular flexibility index (Phi) is 9.93. The molecule has 2 aliphatic rings. The molecular formula is C25H28ClN5O10S2. The third-order valence-corrected chi connectivity index (χ3v) is 12.1. The minimum Gasteiger partial charge on any atom is -0.370 e. The number of nitro groups is 2. The molecule has 0 saturated heterocycles. The molecule has 2 aromatic rings. The van der Waals surface area contributed by atoms with Gasteiger partial charge in [0.15, 0.2) is 25.6 Å². The van der Waals surface area contributed by atoms with Crippen molar-refractivity contribution in [2.75, 3.05) is 0 Å². The predicted octanol–water partition coefficient (Wildman–Crippen LogP) is 3.25. The molecule has 0 atom stereocenters. The van der Waals surface area contributed by atoms with E-state index in [0.29, 0.717) is 31.2 Å². The Labute approximate surface area is 251 Å². The number of halogens is 1. The smallest absolute Gasteiger partial charge is 0.288 e. The van der Waals surface area contributed by atoms with Gasteiger partial charge >= 0.3 is 0 Å². The van der Waals surface area contributed by atoms with Crippen LogP contribution < -0.4 is 11.5 Å². The summed E-state index contributed by atoms with van der Waals surface area (Å²) in [5.74, 6) is -1.35. The monoisotopic (exact) mass is 657 g/mol. The number of carbonyl (C=O) groups excluding carboxylic acids is 2. The van der Waals surface area contributed by atoms with E-state index in [2.05, 4.69) is 4.99 Å². The van der Waals surface area contributed by atoms with Gasteiger partial charge in [-0.05, 0) is 74.4 Å². The normalized spacial score (nSPS) is 15.2. The van der Waals surface area contributed by atoms with Gasteiger partial charge in [0.05, 0.1) is 25.9 Å². The van der Waals surface area contributed by atoms with Gasteiger partial charge in [-0.25, -0.2) is 16.8 Å². The highest BCUT2D eigenvalue weighted by Crippen LogP contribution is 2.38. The van der Waals surface area contributed by atoms with Gasteiger partial charge in [0, 0.05) is 17.7 Å². The zero-order valence-electron chi connectivity index (χ0n) is 23.0. The van der Waals surface area contributed by atoms with E-state index < -0.39 is 68.5 Å². The summed E-state index contributed by atoms with van der Waals surface area (Å²) in [6.45, 7) is 2.97. The Morgan fingerprint density at radius 1 is 0.791 bits per heavy atom. The lowest BCUT2D eigenvalue weighted by Crippen LogP contribution is -2.29. The number of aryl methyl sites for hydroxylation is 2. The first-order chi connectivity index (χ1) is 19.9. The summed E-state index contributed by atoms with van der Waals surface area (Å²) in [4.78, 5) is 46.4. The van der Waals surface area contributed by atoms with E-state index in [1.807, 2.05) is 0 Å². The van der Waals surface area contributed by atoms with E-state index in [1.54, 1.807) is 0 Å². The van der Waals surface area contributed by atoms with Crippen molar-refractivity contribution < 1.29 is 36.3 Å². The minimum atomic E-state index is -3.80. The van der Waals surface area contributed by atoms with Crippen LogP contribution in [0.3, 0.4) is 0 Å². The van der Waals surface area contributed by atoms with Crippen LogP contribution in [0.1, 0.15) is 70.4 Å². The number of carbonyl (C=O) groups is 2. The number of sulfone groups is 2. The molecule has 2 aliphatic carbocycles. The Balaban J connectivity index is 0.000000238. The van der Waals surface area contributed by atoms with Crippen LogP contribution in [0.25, 0.3) is 0 Å². The maximum Gasteiger partial charge on any atom is 0.288 e. The van der Waals surface area contributed by atoms with Gasteiger partial charge in [0.25, 0.3) is 22.5 Å². The third kappa shape index (κ3) is 7.00. The van der Waals surface area contributed by atoms with E-state index in [9.17, 15) is 46.7 Å². The molecule has 18 heteroatoms. The molecule has 43 heavy (non-hydrogen) atoms. The molecule has 2 fully saturated rings. The van der Waals surface area contributed by atoms with Crippen LogP contribution >= 0.6 is 11.6 Å². The topological polar surface area (TPSA) is 253 Å². The molecule has 0 heterocycles. The van der Waals surface area contributed by atoms with Crippen molar-refractivity contribution in [3.8, 4) is 0 Å². The molecule has 0 bridgehead atoms. The van der Waals surface area contributed by atoms with Crippen molar-refractivity contribution >= 4 is 59.8 Å². The highest BCUT2D eigenvalue weighted by molar-refractivity contribution is 7.92. The summed E-state index contributed by atoms with van der Waals surface area (Å²) < 4.78 is 49.7. The summed E-state index contributed by atoms with van der Waals surface area (Å²) in [6.07, 6.45) is 3.55. The van der Waals surface area contributed by atoms with Gasteiger partial charge in [-0.1, -0.05) is 12.8 Å². The second-order valence-corrected chi connectivity index (χ2v) is 14.8. The number of hydrogen-bond donors (Lipinski definition) is 2. The van der Waals surface area contributed by atoms with Crippen LogP contribution in [0.15, 0.2) is 39.0 Å². The fourth-order valence-electron chi connectivity index (χ4n) is 4.42. The number of benzene rings is 2. The van der Waals surface area contributed by atoms with Crippen LogP contribution in [0, 0.1) is 34.1 Å². The van der Waals surface area contributed by atoms with Crippen LogP contribution in [-0.4, -0.2) is 54.3 Å². The van der Waals surface area contributed by atoms with Crippen LogP contribution in [0.5, 0.6) is 0 Å². The van der Waals surface area contributed by atoms with Gasteiger partial charge in [-0.2, -0.15) is 4.99 Å². The highest BCUT2D eigenvalue weighted by Gasteiger charge is 2.39. The molecule has 15 nitrogen and oxygen atoms in total. The molecule has 4 N–H and O–H groups in total. The molecule has 0 aromatic heterocycles. The predicted molar refractivity (Wildman–Crippen MR) is 156 cm³/mol. The third-order valence-electron chi connectivity index (χ3n) is 7.27. The first kappa shape index (κ1) is 33.5. The molecule has 4 rings (SSSR count). The first-order valence-electron chi connectivity index (χ1n) is 12.8. The Bertz CT molecular complexity index is 1760. The number of hydrogen-bond acceptors (Lipinski definition) is 10. The molecule has 0 aliphatic heterocycles. The Morgan fingerprint density at radius 3 is 1.47 bits per heavy atom. The molecule has 232 valence electrons. The van der Waals surface area contributed by atoms with Crippen molar-refractivity contribution in [1.29, 1.82) is 0 Å². The fraction of sp³-hybridized carbons (Fsp3) is 0.400. The molecule has 0 radical (unpaired) electrons. The molecule has 1 amide bonds. The average molecular weight is 658 g/mol. The van der Waals surface area contributed by atoms with Gasteiger partial charge in [0.1, 0.15) is 9.79 Å². The number of amides is 1. The molecule has 0 unspecified atom stereocenters. The van der Waals surface area contributed by atoms with Gasteiger partial charge < -0.3 is 11.5 Å². The minimum absolute atomic E-state index is 0.0501. The summed E-state index contributed by atoms with van der Waals surface area (Å²) in [7, 11) is -7.54. The number of rotatable bonds is 8.